The number of halogens is 1. The number of likely N-dealkylation sites (N-methyl/N-ethyl adjacent to an activating group) is 1. The molecule has 0 spiro atoms. The van der Waals surface area contributed by atoms with Gasteiger partial charge < -0.3 is 15.0 Å². The first-order chi connectivity index (χ1) is 18.2. The predicted molar refractivity (Wildman–Crippen MR) is 149 cm³/mol. The second kappa shape index (κ2) is 13.3. The quantitative estimate of drug-likeness (QED) is 0.354. The largest absolute Gasteiger partial charge is 0.495 e. The van der Waals surface area contributed by atoms with E-state index in [9.17, 15) is 18.0 Å². The van der Waals surface area contributed by atoms with Gasteiger partial charge in [0.25, 0.3) is 10.0 Å². The van der Waals surface area contributed by atoms with E-state index in [-0.39, 0.29) is 28.8 Å². The van der Waals surface area contributed by atoms with E-state index in [0.29, 0.717) is 23.6 Å². The third kappa shape index (κ3) is 6.65. The fourth-order valence-corrected chi connectivity index (χ4v) is 5.73. The van der Waals surface area contributed by atoms with Crippen molar-refractivity contribution in [1.82, 2.24) is 10.2 Å². The van der Waals surface area contributed by atoms with Crippen molar-refractivity contribution >= 4 is 39.1 Å². The van der Waals surface area contributed by atoms with Gasteiger partial charge >= 0.3 is 0 Å². The van der Waals surface area contributed by atoms with Gasteiger partial charge in [0, 0.05) is 18.1 Å². The second-order valence-electron chi connectivity index (χ2n) is 8.43. The highest BCUT2D eigenvalue weighted by Crippen LogP contribution is 2.32. The Hall–Kier alpha value is -3.56. The summed E-state index contributed by atoms with van der Waals surface area (Å²) in [6.45, 7) is 3.45. The smallest absolute Gasteiger partial charge is 0.264 e. The zero-order valence-electron chi connectivity index (χ0n) is 21.6. The van der Waals surface area contributed by atoms with Crippen LogP contribution in [0.2, 0.25) is 5.02 Å². The number of amides is 2. The molecule has 0 aromatic heterocycles. The molecule has 202 valence electrons. The zero-order chi connectivity index (χ0) is 27.7. The average molecular weight is 558 g/mol. The van der Waals surface area contributed by atoms with Gasteiger partial charge in [0.1, 0.15) is 18.3 Å². The summed E-state index contributed by atoms with van der Waals surface area (Å²) in [7, 11) is -2.75. The van der Waals surface area contributed by atoms with Crippen LogP contribution in [0.25, 0.3) is 0 Å². The lowest BCUT2D eigenvalue weighted by Crippen LogP contribution is -2.52. The van der Waals surface area contributed by atoms with Crippen molar-refractivity contribution in [3.8, 4) is 5.75 Å². The lowest BCUT2D eigenvalue weighted by molar-refractivity contribution is -0.140. The molecule has 0 aliphatic heterocycles. The molecule has 3 aromatic carbocycles. The number of carbonyl (C=O) groups excluding carboxylic acids is 2. The van der Waals surface area contributed by atoms with E-state index in [1.54, 1.807) is 80.6 Å². The van der Waals surface area contributed by atoms with E-state index in [4.69, 9.17) is 16.3 Å². The van der Waals surface area contributed by atoms with Gasteiger partial charge in [-0.25, -0.2) is 8.42 Å². The molecule has 10 heteroatoms. The van der Waals surface area contributed by atoms with Crippen molar-refractivity contribution in [2.24, 2.45) is 0 Å². The maximum absolute atomic E-state index is 14.0. The minimum absolute atomic E-state index is 0.0205. The molecule has 38 heavy (non-hydrogen) atoms. The lowest BCUT2D eigenvalue weighted by Gasteiger charge is -2.33. The summed E-state index contributed by atoms with van der Waals surface area (Å²) in [5, 5.41) is 3.21. The first-order valence-corrected chi connectivity index (χ1v) is 14.1. The Labute approximate surface area is 229 Å². The number of rotatable bonds is 12. The van der Waals surface area contributed by atoms with Gasteiger partial charge in [-0.1, -0.05) is 67.1 Å². The molecule has 0 aliphatic carbocycles. The van der Waals surface area contributed by atoms with Gasteiger partial charge in [-0.2, -0.15) is 0 Å². The number of nitrogens with one attached hydrogen (secondary N) is 1. The monoisotopic (exact) mass is 557 g/mol. The summed E-state index contributed by atoms with van der Waals surface area (Å²) in [6, 6.07) is 20.6. The summed E-state index contributed by atoms with van der Waals surface area (Å²) in [5.41, 5.74) is 0.843. The molecule has 0 saturated heterocycles. The molecule has 1 N–H and O–H groups in total. The Morgan fingerprint density at radius 3 is 2.21 bits per heavy atom. The van der Waals surface area contributed by atoms with E-state index >= 15 is 0 Å². The normalized spacial score (nSPS) is 11.9. The van der Waals surface area contributed by atoms with Crippen LogP contribution in [0.5, 0.6) is 5.75 Å². The highest BCUT2D eigenvalue weighted by Gasteiger charge is 2.34. The van der Waals surface area contributed by atoms with Crippen molar-refractivity contribution in [3.05, 3.63) is 89.4 Å². The van der Waals surface area contributed by atoms with Crippen LogP contribution < -0.4 is 14.4 Å². The van der Waals surface area contributed by atoms with Crippen LogP contribution in [0.3, 0.4) is 0 Å². The minimum Gasteiger partial charge on any atom is -0.495 e. The Balaban J connectivity index is 2.10. The van der Waals surface area contributed by atoms with Crippen LogP contribution in [0.1, 0.15) is 25.8 Å². The van der Waals surface area contributed by atoms with Gasteiger partial charge in [-0.05, 0) is 49.2 Å². The van der Waals surface area contributed by atoms with Gasteiger partial charge in [0.05, 0.1) is 17.7 Å². The number of anilines is 1. The molecule has 0 aliphatic rings. The predicted octanol–water partition coefficient (Wildman–Crippen LogP) is 4.49. The molecule has 8 nitrogen and oxygen atoms in total. The van der Waals surface area contributed by atoms with Gasteiger partial charge in [0.2, 0.25) is 11.8 Å². The van der Waals surface area contributed by atoms with Crippen LogP contribution in [-0.2, 0) is 26.2 Å². The second-order valence-corrected chi connectivity index (χ2v) is 10.7. The van der Waals surface area contributed by atoms with Gasteiger partial charge in [0.15, 0.2) is 0 Å². The average Bonchev–Trinajstić information content (AvgIpc) is 2.93. The van der Waals surface area contributed by atoms with E-state index in [2.05, 4.69) is 5.32 Å². The standard InChI is InChI=1S/C28H32ClN3O5S/c1-4-24(28(34)30-5-2)31(19-21-13-9-10-16-23(21)29)27(33)20-32(25-17-11-12-18-26(25)37-3)38(35,36)22-14-7-6-8-15-22/h6-18,24H,4-5,19-20H2,1-3H3,(H,30,34)/t24-/m0/s1. The SMILES string of the molecule is CCNC(=O)[C@H](CC)N(Cc1ccccc1Cl)C(=O)CN(c1ccccc1OC)S(=O)(=O)c1ccccc1. The van der Waals surface area contributed by atoms with Crippen molar-refractivity contribution in [1.29, 1.82) is 0 Å². The number of hydrogen-bond donors (Lipinski definition) is 1. The maximum atomic E-state index is 14.0. The third-order valence-corrected chi connectivity index (χ3v) is 8.14. The van der Waals surface area contributed by atoms with E-state index < -0.39 is 28.5 Å². The highest BCUT2D eigenvalue weighted by atomic mass is 35.5. The number of carbonyl (C=O) groups is 2. The van der Waals surface area contributed by atoms with Crippen molar-refractivity contribution < 1.29 is 22.7 Å². The molecule has 0 fully saturated rings. The maximum Gasteiger partial charge on any atom is 0.264 e. The Morgan fingerprint density at radius 1 is 0.947 bits per heavy atom. The van der Waals surface area contributed by atoms with Gasteiger partial charge in [-0.15, -0.1) is 0 Å². The van der Waals surface area contributed by atoms with Crippen molar-refractivity contribution in [2.45, 2.75) is 37.8 Å². The fourth-order valence-electron chi connectivity index (χ4n) is 4.09. The summed E-state index contributed by atoms with van der Waals surface area (Å²) in [5.74, 6) is -0.605. The first-order valence-electron chi connectivity index (χ1n) is 12.3. The molecule has 2 amide bonds. The summed E-state index contributed by atoms with van der Waals surface area (Å²) < 4.78 is 34.2. The van der Waals surface area contributed by atoms with Crippen LogP contribution in [0.4, 0.5) is 5.69 Å². The number of hydrogen-bond acceptors (Lipinski definition) is 5. The molecule has 3 rings (SSSR count). The molecular formula is C28H32ClN3O5S. The molecule has 0 unspecified atom stereocenters. The molecule has 0 radical (unpaired) electrons. The molecule has 0 bridgehead atoms. The number of methoxy groups -OCH3 is 1. The van der Waals surface area contributed by atoms with E-state index in [1.165, 1.54) is 24.1 Å². The van der Waals surface area contributed by atoms with Gasteiger partial charge in [-0.3, -0.25) is 13.9 Å². The van der Waals surface area contributed by atoms with E-state index in [1.807, 2.05) is 0 Å². The highest BCUT2D eigenvalue weighted by molar-refractivity contribution is 7.92. The van der Waals surface area contributed by atoms with Crippen molar-refractivity contribution in [2.75, 3.05) is 24.5 Å². The number of ether oxygens (including phenoxy) is 1. The minimum atomic E-state index is -4.18. The molecule has 0 heterocycles. The summed E-state index contributed by atoms with van der Waals surface area (Å²) >= 11 is 6.39. The van der Waals surface area contributed by atoms with Crippen LogP contribution >= 0.6 is 11.6 Å². The number of para-hydroxylation sites is 2. The lowest BCUT2D eigenvalue weighted by atomic mass is 10.1. The van der Waals surface area contributed by atoms with Crippen LogP contribution in [-0.4, -0.2) is 51.4 Å². The third-order valence-electron chi connectivity index (χ3n) is 6.00. The molecule has 1 atom stereocenters. The van der Waals surface area contributed by atoms with Crippen LogP contribution in [0, 0.1) is 0 Å². The summed E-state index contributed by atoms with van der Waals surface area (Å²) in [6.07, 6.45) is 0.322. The molecule has 3 aromatic rings. The molecule has 0 saturated carbocycles. The molecular weight excluding hydrogens is 526 g/mol. The topological polar surface area (TPSA) is 96.0 Å². The first kappa shape index (κ1) is 29.0. The van der Waals surface area contributed by atoms with Crippen molar-refractivity contribution in [3.63, 3.8) is 0 Å². The Bertz CT molecular complexity index is 1350. The fraction of sp³-hybridized carbons (Fsp3) is 0.286. The van der Waals surface area contributed by atoms with Crippen LogP contribution in [0.15, 0.2) is 83.8 Å². The Morgan fingerprint density at radius 2 is 1.58 bits per heavy atom. The number of nitrogens with zero attached hydrogens (tertiary/aromatic N) is 2. The number of sulfonamides is 1. The Kier molecular flexibility index (Phi) is 10.2. The zero-order valence-corrected chi connectivity index (χ0v) is 23.2. The summed E-state index contributed by atoms with van der Waals surface area (Å²) in [4.78, 5) is 28.4. The number of benzene rings is 3. The van der Waals surface area contributed by atoms with E-state index in [0.717, 1.165) is 4.31 Å².